The molecule has 4 N–H and O–H groups in total. The molecule has 0 fully saturated rings. The molecule has 0 spiro atoms. The summed E-state index contributed by atoms with van der Waals surface area (Å²) < 4.78 is 0. The maximum atomic E-state index is 11.0. The lowest BCUT2D eigenvalue weighted by Crippen LogP contribution is -2.35. The summed E-state index contributed by atoms with van der Waals surface area (Å²) in [7, 11) is 1.52. The van der Waals surface area contributed by atoms with Gasteiger partial charge in [-0.05, 0) is 13.3 Å². The molecule has 76 valence electrons. The minimum atomic E-state index is -0.200. The van der Waals surface area contributed by atoms with Crippen molar-refractivity contribution >= 4 is 11.8 Å². The maximum absolute atomic E-state index is 11.0. The number of nitrogens with one attached hydrogen (secondary N) is 2. The van der Waals surface area contributed by atoms with Crippen LogP contribution in [0.15, 0.2) is 0 Å². The molecule has 2 amide bonds. The summed E-state index contributed by atoms with van der Waals surface area (Å²) in [5, 5.41) is 4.89. The third-order valence-corrected chi connectivity index (χ3v) is 1.55. The fourth-order valence-corrected chi connectivity index (χ4v) is 0.714. The van der Waals surface area contributed by atoms with Crippen LogP contribution < -0.4 is 16.4 Å². The largest absolute Gasteiger partial charge is 0.358 e. The second-order valence-electron chi connectivity index (χ2n) is 2.97. The predicted molar refractivity (Wildman–Crippen MR) is 50.0 cm³/mol. The third kappa shape index (κ3) is 7.27. The van der Waals surface area contributed by atoms with Crippen LogP contribution >= 0.6 is 0 Å². The van der Waals surface area contributed by atoms with E-state index in [0.29, 0.717) is 12.8 Å². The fraction of sp³-hybridized carbons (Fsp3) is 0.750. The molecular formula is C8H17N3O2. The summed E-state index contributed by atoms with van der Waals surface area (Å²) in [6.07, 6.45) is 1.01. The zero-order valence-corrected chi connectivity index (χ0v) is 8.09. The highest BCUT2D eigenvalue weighted by molar-refractivity contribution is 5.84. The average molecular weight is 187 g/mol. The van der Waals surface area contributed by atoms with Crippen LogP contribution in [0.1, 0.15) is 19.8 Å². The minimum Gasteiger partial charge on any atom is -0.358 e. The Morgan fingerprint density at radius 2 is 2.00 bits per heavy atom. The van der Waals surface area contributed by atoms with Gasteiger partial charge in [-0.3, -0.25) is 9.59 Å². The Kier molecular flexibility index (Phi) is 5.88. The molecule has 0 radical (unpaired) electrons. The van der Waals surface area contributed by atoms with Crippen LogP contribution in [0.2, 0.25) is 0 Å². The molecule has 5 nitrogen and oxygen atoms in total. The van der Waals surface area contributed by atoms with Crippen molar-refractivity contribution in [3.63, 3.8) is 0 Å². The lowest BCUT2D eigenvalue weighted by atomic mass is 10.2. The highest BCUT2D eigenvalue weighted by atomic mass is 16.2. The van der Waals surface area contributed by atoms with E-state index in [-0.39, 0.29) is 24.4 Å². The van der Waals surface area contributed by atoms with Gasteiger partial charge in [-0.25, -0.2) is 0 Å². The quantitative estimate of drug-likeness (QED) is 0.515. The van der Waals surface area contributed by atoms with E-state index in [4.69, 9.17) is 5.73 Å². The van der Waals surface area contributed by atoms with Gasteiger partial charge in [0, 0.05) is 19.5 Å². The van der Waals surface area contributed by atoms with Crippen molar-refractivity contribution in [1.29, 1.82) is 0 Å². The molecule has 1 atom stereocenters. The molecule has 0 rings (SSSR count). The first-order chi connectivity index (χ1) is 6.06. The Hall–Kier alpha value is -1.10. The number of carbonyl (C=O) groups is 2. The number of carbonyl (C=O) groups excluding carboxylic acids is 2. The maximum Gasteiger partial charge on any atom is 0.239 e. The molecular weight excluding hydrogens is 170 g/mol. The first-order valence-corrected chi connectivity index (χ1v) is 4.29. The summed E-state index contributed by atoms with van der Waals surface area (Å²) in [6.45, 7) is 1.88. The van der Waals surface area contributed by atoms with Gasteiger partial charge in [-0.1, -0.05) is 0 Å². The van der Waals surface area contributed by atoms with Gasteiger partial charge >= 0.3 is 0 Å². The lowest BCUT2D eigenvalue weighted by molar-refractivity contribution is -0.125. The number of hydrogen-bond donors (Lipinski definition) is 3. The van der Waals surface area contributed by atoms with Crippen molar-refractivity contribution in [2.24, 2.45) is 5.73 Å². The molecule has 0 heterocycles. The Morgan fingerprint density at radius 1 is 1.38 bits per heavy atom. The molecule has 0 saturated carbocycles. The number of amides is 2. The van der Waals surface area contributed by atoms with E-state index in [9.17, 15) is 9.59 Å². The van der Waals surface area contributed by atoms with Crippen LogP contribution in [0.3, 0.4) is 0 Å². The highest BCUT2D eigenvalue weighted by Gasteiger charge is 2.04. The van der Waals surface area contributed by atoms with Gasteiger partial charge in [0.05, 0.1) is 6.54 Å². The Labute approximate surface area is 78.1 Å². The Morgan fingerprint density at radius 3 is 2.46 bits per heavy atom. The van der Waals surface area contributed by atoms with Crippen LogP contribution in [0.25, 0.3) is 0 Å². The topological polar surface area (TPSA) is 84.2 Å². The molecule has 0 saturated heterocycles. The van der Waals surface area contributed by atoms with E-state index >= 15 is 0 Å². The van der Waals surface area contributed by atoms with Crippen LogP contribution in [-0.2, 0) is 9.59 Å². The molecule has 1 unspecified atom stereocenters. The Bertz CT molecular complexity index is 180. The smallest absolute Gasteiger partial charge is 0.239 e. The van der Waals surface area contributed by atoms with Crippen LogP contribution in [0.5, 0.6) is 0 Å². The highest BCUT2D eigenvalue weighted by Crippen LogP contribution is 1.92. The normalized spacial score (nSPS) is 11.9. The van der Waals surface area contributed by atoms with Crippen molar-refractivity contribution in [3.05, 3.63) is 0 Å². The van der Waals surface area contributed by atoms with E-state index in [1.807, 2.05) is 6.92 Å². The predicted octanol–water partition coefficient (Wildman–Crippen LogP) is -1.02. The summed E-state index contributed by atoms with van der Waals surface area (Å²) >= 11 is 0. The molecule has 5 heteroatoms. The van der Waals surface area contributed by atoms with Gasteiger partial charge in [0.1, 0.15) is 0 Å². The molecule has 0 aromatic heterocycles. The van der Waals surface area contributed by atoms with Crippen molar-refractivity contribution in [3.8, 4) is 0 Å². The second kappa shape index (κ2) is 6.42. The first-order valence-electron chi connectivity index (χ1n) is 4.29. The molecule has 0 aromatic carbocycles. The summed E-state index contributed by atoms with van der Waals surface area (Å²) in [5.41, 5.74) is 5.46. The van der Waals surface area contributed by atoms with Crippen molar-refractivity contribution in [2.45, 2.75) is 25.8 Å². The molecule has 0 aliphatic heterocycles. The van der Waals surface area contributed by atoms with Crippen molar-refractivity contribution < 1.29 is 9.59 Å². The van der Waals surface area contributed by atoms with Crippen molar-refractivity contribution in [2.75, 3.05) is 13.6 Å². The van der Waals surface area contributed by atoms with Gasteiger partial charge in [0.2, 0.25) is 11.8 Å². The number of rotatable bonds is 5. The third-order valence-electron chi connectivity index (χ3n) is 1.55. The number of hydrogen-bond acceptors (Lipinski definition) is 3. The summed E-state index contributed by atoms with van der Waals surface area (Å²) in [5.74, 6) is -0.338. The van der Waals surface area contributed by atoms with E-state index in [1.54, 1.807) is 0 Å². The van der Waals surface area contributed by atoms with Gasteiger partial charge in [0.15, 0.2) is 0 Å². The molecule has 0 aliphatic rings. The fourth-order valence-electron chi connectivity index (χ4n) is 0.714. The van der Waals surface area contributed by atoms with Gasteiger partial charge < -0.3 is 16.4 Å². The van der Waals surface area contributed by atoms with Gasteiger partial charge in [0.25, 0.3) is 0 Å². The zero-order chi connectivity index (χ0) is 10.3. The number of likely N-dealkylation sites (N-methyl/N-ethyl adjacent to an activating group) is 1. The molecule has 0 aromatic rings. The Balaban J connectivity index is 3.46. The minimum absolute atomic E-state index is 0.0192. The SMILES string of the molecule is CNC(=O)CNC(=O)CCC(C)N. The zero-order valence-electron chi connectivity index (χ0n) is 8.09. The van der Waals surface area contributed by atoms with E-state index in [1.165, 1.54) is 7.05 Å². The second-order valence-corrected chi connectivity index (χ2v) is 2.97. The number of nitrogens with two attached hydrogens (primary N) is 1. The van der Waals surface area contributed by atoms with Gasteiger partial charge in [-0.2, -0.15) is 0 Å². The standard InChI is InChI=1S/C8H17N3O2/c1-6(9)3-4-7(12)11-5-8(13)10-2/h6H,3-5,9H2,1-2H3,(H,10,13)(H,11,12). The summed E-state index contributed by atoms with van der Waals surface area (Å²) in [4.78, 5) is 21.7. The van der Waals surface area contributed by atoms with E-state index in [2.05, 4.69) is 10.6 Å². The average Bonchev–Trinajstić information content (AvgIpc) is 2.10. The molecule has 0 aliphatic carbocycles. The van der Waals surface area contributed by atoms with Crippen LogP contribution in [0, 0.1) is 0 Å². The monoisotopic (exact) mass is 187 g/mol. The lowest BCUT2D eigenvalue weighted by Gasteiger charge is -2.05. The molecule has 13 heavy (non-hydrogen) atoms. The van der Waals surface area contributed by atoms with Crippen molar-refractivity contribution in [1.82, 2.24) is 10.6 Å². The van der Waals surface area contributed by atoms with Crippen LogP contribution in [-0.4, -0.2) is 31.4 Å². The molecule has 0 bridgehead atoms. The summed E-state index contributed by atoms with van der Waals surface area (Å²) in [6, 6.07) is 0.0192. The van der Waals surface area contributed by atoms with E-state index < -0.39 is 0 Å². The first kappa shape index (κ1) is 11.9. The van der Waals surface area contributed by atoms with Gasteiger partial charge in [-0.15, -0.1) is 0 Å². The van der Waals surface area contributed by atoms with E-state index in [0.717, 1.165) is 0 Å². The van der Waals surface area contributed by atoms with Crippen LogP contribution in [0.4, 0.5) is 0 Å².